The van der Waals surface area contributed by atoms with E-state index in [-0.39, 0.29) is 5.24 Å². The Labute approximate surface area is 126 Å². The van der Waals surface area contributed by atoms with Gasteiger partial charge in [0.2, 0.25) is 5.16 Å². The summed E-state index contributed by atoms with van der Waals surface area (Å²) in [7, 11) is 3.38. The molecule has 1 amide bonds. The Balaban J connectivity index is 1.89. The number of aryl methyl sites for hydroxylation is 1. The summed E-state index contributed by atoms with van der Waals surface area (Å²) in [6.07, 6.45) is 0. The average molecular weight is 309 g/mol. The van der Waals surface area contributed by atoms with E-state index in [9.17, 15) is 4.79 Å². The third kappa shape index (κ3) is 4.21. The molecule has 0 saturated carbocycles. The Hall–Kier alpha value is -1.60. The molecule has 20 heavy (non-hydrogen) atoms. The quantitative estimate of drug-likeness (QED) is 0.812. The zero-order valence-electron chi connectivity index (χ0n) is 11.5. The lowest BCUT2D eigenvalue weighted by atomic mass is 10.2. The number of ether oxygens (including phenoxy) is 1. The number of hydrogen-bond acceptors (Lipinski definition) is 6. The molecule has 1 aromatic heterocycles. The molecule has 1 aromatic carbocycles. The molecule has 7 heteroatoms. The SMILES string of the molecule is Cc1ccc(COc2nc(SC(=O)N(C)C)ns2)cc1. The Bertz CT molecular complexity index is 582. The van der Waals surface area contributed by atoms with Gasteiger partial charge in [0.15, 0.2) is 0 Å². The van der Waals surface area contributed by atoms with Crippen molar-refractivity contribution in [3.8, 4) is 5.19 Å². The van der Waals surface area contributed by atoms with E-state index in [0.29, 0.717) is 17.0 Å². The van der Waals surface area contributed by atoms with Gasteiger partial charge in [0, 0.05) is 37.4 Å². The number of carbonyl (C=O) groups is 1. The predicted molar refractivity (Wildman–Crippen MR) is 80.4 cm³/mol. The fourth-order valence-electron chi connectivity index (χ4n) is 1.30. The third-order valence-electron chi connectivity index (χ3n) is 2.42. The Morgan fingerprint density at radius 2 is 2.05 bits per heavy atom. The lowest BCUT2D eigenvalue weighted by molar-refractivity contribution is 0.241. The van der Waals surface area contributed by atoms with Gasteiger partial charge in [-0.2, -0.15) is 9.36 Å². The van der Waals surface area contributed by atoms with Crippen LogP contribution in [-0.4, -0.2) is 33.6 Å². The molecule has 0 radical (unpaired) electrons. The highest BCUT2D eigenvalue weighted by atomic mass is 32.2. The van der Waals surface area contributed by atoms with E-state index in [1.807, 2.05) is 31.2 Å². The van der Waals surface area contributed by atoms with Crippen LogP contribution in [0.15, 0.2) is 29.4 Å². The number of amides is 1. The maximum atomic E-state index is 11.5. The summed E-state index contributed by atoms with van der Waals surface area (Å²) in [6, 6.07) is 8.11. The largest absolute Gasteiger partial charge is 0.464 e. The molecule has 0 aliphatic rings. The van der Waals surface area contributed by atoms with Crippen molar-refractivity contribution in [2.45, 2.75) is 18.7 Å². The van der Waals surface area contributed by atoms with Crippen LogP contribution in [-0.2, 0) is 6.61 Å². The van der Waals surface area contributed by atoms with Gasteiger partial charge in [0.1, 0.15) is 6.61 Å². The van der Waals surface area contributed by atoms with E-state index in [2.05, 4.69) is 9.36 Å². The smallest absolute Gasteiger partial charge is 0.294 e. The van der Waals surface area contributed by atoms with Crippen LogP contribution < -0.4 is 4.74 Å². The van der Waals surface area contributed by atoms with Crippen LogP contribution in [0.25, 0.3) is 0 Å². The first-order valence-electron chi connectivity index (χ1n) is 5.96. The Morgan fingerprint density at radius 3 is 2.70 bits per heavy atom. The third-order valence-corrected chi connectivity index (χ3v) is 4.07. The zero-order chi connectivity index (χ0) is 14.5. The minimum Gasteiger partial charge on any atom is -0.464 e. The summed E-state index contributed by atoms with van der Waals surface area (Å²) in [6.45, 7) is 2.49. The maximum absolute atomic E-state index is 11.5. The standard InChI is InChI=1S/C13H15N3O2S2/c1-9-4-6-10(7-5-9)8-18-12-14-11(15-20-12)19-13(17)16(2)3/h4-7H,8H2,1-3H3. The molecule has 0 atom stereocenters. The molecular formula is C13H15N3O2S2. The lowest BCUT2D eigenvalue weighted by Gasteiger charge is -2.06. The molecule has 2 aromatic rings. The monoisotopic (exact) mass is 309 g/mol. The van der Waals surface area contributed by atoms with Crippen LogP contribution in [0.1, 0.15) is 11.1 Å². The van der Waals surface area contributed by atoms with Gasteiger partial charge >= 0.3 is 0 Å². The molecule has 2 rings (SSSR count). The van der Waals surface area contributed by atoms with Crippen molar-refractivity contribution in [1.82, 2.24) is 14.3 Å². The first-order valence-corrected chi connectivity index (χ1v) is 7.55. The molecule has 106 valence electrons. The van der Waals surface area contributed by atoms with E-state index in [4.69, 9.17) is 4.74 Å². The summed E-state index contributed by atoms with van der Waals surface area (Å²) < 4.78 is 9.65. The molecule has 0 aliphatic heterocycles. The van der Waals surface area contributed by atoms with Gasteiger partial charge in [-0.05, 0) is 12.5 Å². The number of rotatable bonds is 4. The number of hydrogen-bond donors (Lipinski definition) is 0. The summed E-state index contributed by atoms with van der Waals surface area (Å²) in [5, 5.41) is 0.792. The van der Waals surface area contributed by atoms with Crippen LogP contribution in [0.2, 0.25) is 0 Å². The molecule has 0 N–H and O–H groups in total. The highest BCUT2D eigenvalue weighted by Gasteiger charge is 2.12. The van der Waals surface area contributed by atoms with Gasteiger partial charge in [-0.1, -0.05) is 29.8 Å². The summed E-state index contributed by atoms with van der Waals surface area (Å²) in [4.78, 5) is 17.2. The van der Waals surface area contributed by atoms with Crippen molar-refractivity contribution >= 4 is 28.5 Å². The number of carbonyl (C=O) groups excluding carboxylic acids is 1. The van der Waals surface area contributed by atoms with E-state index >= 15 is 0 Å². The summed E-state index contributed by atoms with van der Waals surface area (Å²) in [5.41, 5.74) is 2.29. The van der Waals surface area contributed by atoms with Gasteiger partial charge in [-0.15, -0.1) is 0 Å². The van der Waals surface area contributed by atoms with Crippen LogP contribution >= 0.6 is 23.3 Å². The van der Waals surface area contributed by atoms with E-state index in [1.165, 1.54) is 10.5 Å². The summed E-state index contributed by atoms with van der Waals surface area (Å²) >= 11 is 2.14. The Morgan fingerprint density at radius 1 is 1.35 bits per heavy atom. The number of nitrogens with zero attached hydrogens (tertiary/aromatic N) is 3. The topological polar surface area (TPSA) is 55.3 Å². The molecule has 0 unspecified atom stereocenters. The predicted octanol–water partition coefficient (Wildman–Crippen LogP) is 3.20. The van der Waals surface area contributed by atoms with Gasteiger partial charge in [-0.3, -0.25) is 4.79 Å². The van der Waals surface area contributed by atoms with Crippen LogP contribution in [0.3, 0.4) is 0 Å². The molecule has 0 spiro atoms. The summed E-state index contributed by atoms with van der Waals surface area (Å²) in [5.74, 6) is 0. The van der Waals surface area contributed by atoms with Crippen LogP contribution in [0, 0.1) is 6.92 Å². The molecule has 1 heterocycles. The van der Waals surface area contributed by atoms with Crippen molar-refractivity contribution in [3.63, 3.8) is 0 Å². The first kappa shape index (κ1) is 14.8. The molecule has 0 saturated heterocycles. The molecule has 0 aliphatic carbocycles. The van der Waals surface area contributed by atoms with E-state index in [0.717, 1.165) is 28.9 Å². The van der Waals surface area contributed by atoms with Crippen LogP contribution in [0.4, 0.5) is 4.79 Å². The highest BCUT2D eigenvalue weighted by Crippen LogP contribution is 2.24. The van der Waals surface area contributed by atoms with Crippen molar-refractivity contribution in [2.75, 3.05) is 14.1 Å². The van der Waals surface area contributed by atoms with Crippen LogP contribution in [0.5, 0.6) is 5.19 Å². The van der Waals surface area contributed by atoms with Crippen molar-refractivity contribution in [1.29, 1.82) is 0 Å². The fraction of sp³-hybridized carbons (Fsp3) is 0.308. The maximum Gasteiger partial charge on any atom is 0.294 e. The Kier molecular flexibility index (Phi) is 4.97. The normalized spacial score (nSPS) is 10.3. The van der Waals surface area contributed by atoms with Crippen molar-refractivity contribution < 1.29 is 9.53 Å². The van der Waals surface area contributed by atoms with Gasteiger partial charge < -0.3 is 9.64 Å². The second-order valence-electron chi connectivity index (χ2n) is 4.38. The fourth-order valence-corrected chi connectivity index (χ4v) is 2.52. The van der Waals surface area contributed by atoms with Gasteiger partial charge in [0.25, 0.3) is 10.4 Å². The lowest BCUT2D eigenvalue weighted by Crippen LogP contribution is -2.16. The highest BCUT2D eigenvalue weighted by molar-refractivity contribution is 8.13. The minimum atomic E-state index is -0.104. The molecule has 5 nitrogen and oxygen atoms in total. The zero-order valence-corrected chi connectivity index (χ0v) is 13.1. The molecular weight excluding hydrogens is 294 g/mol. The molecule has 0 fully saturated rings. The van der Waals surface area contributed by atoms with Gasteiger partial charge in [-0.25, -0.2) is 0 Å². The number of aromatic nitrogens is 2. The second kappa shape index (κ2) is 6.71. The first-order chi connectivity index (χ1) is 9.54. The number of benzene rings is 1. The average Bonchev–Trinajstić information content (AvgIpc) is 2.85. The number of thioether (sulfide) groups is 1. The van der Waals surface area contributed by atoms with Gasteiger partial charge in [0.05, 0.1) is 0 Å². The second-order valence-corrected chi connectivity index (χ2v) is 6.01. The van der Waals surface area contributed by atoms with E-state index < -0.39 is 0 Å². The van der Waals surface area contributed by atoms with E-state index in [1.54, 1.807) is 14.1 Å². The van der Waals surface area contributed by atoms with Crippen molar-refractivity contribution in [3.05, 3.63) is 35.4 Å². The van der Waals surface area contributed by atoms with Crippen molar-refractivity contribution in [2.24, 2.45) is 0 Å². The minimum absolute atomic E-state index is 0.104. The molecule has 0 bridgehead atoms.